The molecule has 2 rings (SSSR count). The Morgan fingerprint density at radius 2 is 2.09 bits per heavy atom. The second kappa shape index (κ2) is 6.95. The molecule has 23 heavy (non-hydrogen) atoms. The van der Waals surface area contributed by atoms with Crippen LogP contribution >= 0.6 is 0 Å². The van der Waals surface area contributed by atoms with Gasteiger partial charge in [-0.05, 0) is 13.0 Å². The van der Waals surface area contributed by atoms with Gasteiger partial charge in [-0.3, -0.25) is 9.78 Å². The van der Waals surface area contributed by atoms with Crippen LogP contribution in [0, 0.1) is 0 Å². The molecule has 1 N–H and O–H groups in total. The molecular weight excluding hydrogens is 300 g/mol. The van der Waals surface area contributed by atoms with E-state index in [1.807, 2.05) is 0 Å². The number of carboxylic acid groups (broad SMARTS) is 1. The molecule has 0 atom stereocenters. The lowest BCUT2D eigenvalue weighted by atomic mass is 10.1. The van der Waals surface area contributed by atoms with E-state index >= 15 is 0 Å². The Balaban J connectivity index is 2.70. The molecule has 0 unspecified atom stereocenters. The molecule has 1 heterocycles. The van der Waals surface area contributed by atoms with Crippen LogP contribution in [0.5, 0.6) is 5.75 Å². The molecule has 0 fully saturated rings. The zero-order chi connectivity index (χ0) is 17.0. The highest BCUT2D eigenvalue weighted by molar-refractivity contribution is 6.07. The second-order valence-corrected chi connectivity index (χ2v) is 4.85. The van der Waals surface area contributed by atoms with Crippen LogP contribution in [-0.2, 0) is 9.53 Å². The van der Waals surface area contributed by atoms with Crippen molar-refractivity contribution in [3.63, 3.8) is 0 Å². The summed E-state index contributed by atoms with van der Waals surface area (Å²) in [7, 11) is 3.13. The average molecular weight is 318 g/mol. The number of likely N-dealkylation sites (N-methyl/N-ethyl adjacent to an activating group) is 1. The molecule has 0 amide bonds. The maximum absolute atomic E-state index is 12.2. The van der Waals surface area contributed by atoms with Gasteiger partial charge >= 0.3 is 11.9 Å². The molecule has 0 aliphatic carbocycles. The van der Waals surface area contributed by atoms with Crippen molar-refractivity contribution >= 4 is 28.5 Å². The molecule has 7 nitrogen and oxygen atoms in total. The van der Waals surface area contributed by atoms with Crippen LogP contribution in [-0.4, -0.2) is 49.3 Å². The Hall–Kier alpha value is -2.83. The summed E-state index contributed by atoms with van der Waals surface area (Å²) in [6.07, 6.45) is 1.39. The van der Waals surface area contributed by atoms with Crippen molar-refractivity contribution in [2.75, 3.05) is 32.2 Å². The minimum absolute atomic E-state index is 0.219. The van der Waals surface area contributed by atoms with Crippen LogP contribution in [0.15, 0.2) is 24.4 Å². The first kappa shape index (κ1) is 16.5. The molecule has 0 saturated heterocycles. The van der Waals surface area contributed by atoms with E-state index in [4.69, 9.17) is 14.6 Å². The van der Waals surface area contributed by atoms with Gasteiger partial charge in [0.25, 0.3) is 0 Å². The first-order chi connectivity index (χ1) is 11.0. The fourth-order valence-electron chi connectivity index (χ4n) is 2.40. The van der Waals surface area contributed by atoms with E-state index in [1.165, 1.54) is 18.2 Å². The van der Waals surface area contributed by atoms with Gasteiger partial charge in [0.15, 0.2) is 0 Å². The molecule has 122 valence electrons. The third kappa shape index (κ3) is 3.33. The smallest absolute Gasteiger partial charge is 0.341 e. The van der Waals surface area contributed by atoms with E-state index in [9.17, 15) is 9.59 Å². The number of hydrogen-bond donors (Lipinski definition) is 1. The molecule has 0 aliphatic rings. The van der Waals surface area contributed by atoms with Crippen LogP contribution in [0.3, 0.4) is 0 Å². The number of rotatable bonds is 6. The van der Waals surface area contributed by atoms with Crippen molar-refractivity contribution < 1.29 is 24.2 Å². The Bertz CT molecular complexity index is 745. The molecule has 7 heteroatoms. The summed E-state index contributed by atoms with van der Waals surface area (Å²) in [4.78, 5) is 29.0. The SMILES string of the molecule is CCOC(=O)c1cnc2c(OC)cccc2c1N(C)CC(=O)O. The number of para-hydroxylation sites is 1. The number of aliphatic carboxylic acids is 1. The minimum atomic E-state index is -1.00. The van der Waals surface area contributed by atoms with E-state index < -0.39 is 11.9 Å². The second-order valence-electron chi connectivity index (χ2n) is 4.85. The first-order valence-electron chi connectivity index (χ1n) is 7.05. The largest absolute Gasteiger partial charge is 0.494 e. The molecule has 0 radical (unpaired) electrons. The van der Waals surface area contributed by atoms with E-state index in [-0.39, 0.29) is 18.7 Å². The van der Waals surface area contributed by atoms with Gasteiger partial charge < -0.3 is 19.5 Å². The number of benzene rings is 1. The van der Waals surface area contributed by atoms with Crippen LogP contribution < -0.4 is 9.64 Å². The van der Waals surface area contributed by atoms with Gasteiger partial charge in [-0.25, -0.2) is 4.79 Å². The molecular formula is C16H18N2O5. The third-order valence-electron chi connectivity index (χ3n) is 3.30. The molecule has 0 spiro atoms. The summed E-state index contributed by atoms with van der Waals surface area (Å²) in [6.45, 7) is 1.66. The quantitative estimate of drug-likeness (QED) is 0.814. The van der Waals surface area contributed by atoms with Crippen molar-refractivity contribution in [3.05, 3.63) is 30.0 Å². The van der Waals surface area contributed by atoms with Crippen LogP contribution in [0.4, 0.5) is 5.69 Å². The molecule has 0 aliphatic heterocycles. The van der Waals surface area contributed by atoms with Crippen molar-refractivity contribution in [3.8, 4) is 5.75 Å². The monoisotopic (exact) mass is 318 g/mol. The zero-order valence-electron chi connectivity index (χ0n) is 13.2. The van der Waals surface area contributed by atoms with Crippen LogP contribution in [0.2, 0.25) is 0 Å². The fraction of sp³-hybridized carbons (Fsp3) is 0.312. The number of ether oxygens (including phenoxy) is 2. The van der Waals surface area contributed by atoms with Gasteiger partial charge in [0.2, 0.25) is 0 Å². The summed E-state index contributed by atoms with van der Waals surface area (Å²) in [5, 5.41) is 9.68. The number of carbonyl (C=O) groups is 2. The van der Waals surface area contributed by atoms with Gasteiger partial charge in [-0.2, -0.15) is 0 Å². The number of anilines is 1. The van der Waals surface area contributed by atoms with E-state index in [1.54, 1.807) is 32.2 Å². The van der Waals surface area contributed by atoms with Gasteiger partial charge in [0, 0.05) is 18.6 Å². The van der Waals surface area contributed by atoms with Gasteiger partial charge in [-0.1, -0.05) is 12.1 Å². The Morgan fingerprint density at radius 3 is 2.70 bits per heavy atom. The van der Waals surface area contributed by atoms with Gasteiger partial charge in [0.05, 0.1) is 19.4 Å². The van der Waals surface area contributed by atoms with Crippen molar-refractivity contribution in [1.82, 2.24) is 4.98 Å². The topological polar surface area (TPSA) is 89.0 Å². The molecule has 0 saturated carbocycles. The number of carboxylic acids is 1. The van der Waals surface area contributed by atoms with Crippen molar-refractivity contribution in [2.45, 2.75) is 6.92 Å². The number of pyridine rings is 1. The zero-order valence-corrected chi connectivity index (χ0v) is 13.2. The lowest BCUT2D eigenvalue weighted by Crippen LogP contribution is -2.27. The number of methoxy groups -OCH3 is 1. The molecule has 1 aromatic heterocycles. The Labute approximate surface area is 133 Å². The fourth-order valence-corrected chi connectivity index (χ4v) is 2.40. The number of esters is 1. The summed E-state index contributed by atoms with van der Waals surface area (Å²) in [5.74, 6) is -1.00. The standard InChI is InChI=1S/C16H18N2O5/c1-4-23-16(21)11-8-17-14-10(6-5-7-12(14)22-3)15(11)18(2)9-13(19)20/h5-8H,4,9H2,1-3H3,(H,19,20). The number of aromatic nitrogens is 1. The molecule has 1 aromatic carbocycles. The number of carbonyl (C=O) groups excluding carboxylic acids is 1. The number of fused-ring (bicyclic) bond motifs is 1. The summed E-state index contributed by atoms with van der Waals surface area (Å²) in [5.41, 5.74) is 1.22. The average Bonchev–Trinajstić information content (AvgIpc) is 2.52. The highest BCUT2D eigenvalue weighted by atomic mass is 16.5. The summed E-state index contributed by atoms with van der Waals surface area (Å²) in [6, 6.07) is 5.28. The third-order valence-corrected chi connectivity index (χ3v) is 3.30. The summed E-state index contributed by atoms with van der Waals surface area (Å²) < 4.78 is 10.3. The van der Waals surface area contributed by atoms with E-state index in [2.05, 4.69) is 4.98 Å². The Morgan fingerprint density at radius 1 is 1.35 bits per heavy atom. The van der Waals surface area contributed by atoms with Crippen LogP contribution in [0.1, 0.15) is 17.3 Å². The lowest BCUT2D eigenvalue weighted by Gasteiger charge is -2.22. The van der Waals surface area contributed by atoms with E-state index in [0.717, 1.165) is 0 Å². The first-order valence-corrected chi connectivity index (χ1v) is 7.05. The maximum Gasteiger partial charge on any atom is 0.341 e. The minimum Gasteiger partial charge on any atom is -0.494 e. The number of nitrogens with zero attached hydrogens (tertiary/aromatic N) is 2. The van der Waals surface area contributed by atoms with E-state index in [0.29, 0.717) is 22.3 Å². The Kier molecular flexibility index (Phi) is 5.00. The highest BCUT2D eigenvalue weighted by Crippen LogP contribution is 2.33. The normalized spacial score (nSPS) is 10.4. The predicted octanol–water partition coefficient (Wildman–Crippen LogP) is 1.94. The van der Waals surface area contributed by atoms with Gasteiger partial charge in [0.1, 0.15) is 23.4 Å². The summed E-state index contributed by atoms with van der Waals surface area (Å²) >= 11 is 0. The highest BCUT2D eigenvalue weighted by Gasteiger charge is 2.22. The lowest BCUT2D eigenvalue weighted by molar-refractivity contribution is -0.135. The predicted molar refractivity (Wildman–Crippen MR) is 85.2 cm³/mol. The van der Waals surface area contributed by atoms with Crippen molar-refractivity contribution in [2.24, 2.45) is 0 Å². The molecule has 0 bridgehead atoms. The van der Waals surface area contributed by atoms with Crippen LogP contribution in [0.25, 0.3) is 10.9 Å². The van der Waals surface area contributed by atoms with Gasteiger partial charge in [-0.15, -0.1) is 0 Å². The molecule has 2 aromatic rings. The van der Waals surface area contributed by atoms with Crippen molar-refractivity contribution in [1.29, 1.82) is 0 Å². The maximum atomic E-state index is 12.2. The number of hydrogen-bond acceptors (Lipinski definition) is 6.